The highest BCUT2D eigenvalue weighted by Gasteiger charge is 2.47. The van der Waals surface area contributed by atoms with Crippen molar-refractivity contribution < 1.29 is 28.2 Å². The first-order chi connectivity index (χ1) is 18.8. The van der Waals surface area contributed by atoms with Gasteiger partial charge in [-0.05, 0) is 71.0 Å². The van der Waals surface area contributed by atoms with E-state index in [9.17, 15) is 18.8 Å². The molecule has 0 bridgehead atoms. The molecule has 1 aliphatic heterocycles. The van der Waals surface area contributed by atoms with Crippen molar-refractivity contribution in [3.05, 3.63) is 93.3 Å². The summed E-state index contributed by atoms with van der Waals surface area (Å²) in [6.07, 6.45) is 0. The fraction of sp³-hybridized carbons (Fsp3) is 0.276. The summed E-state index contributed by atoms with van der Waals surface area (Å²) in [6.45, 7) is 5.10. The molecule has 3 aromatic carbocycles. The Balaban J connectivity index is 1.59. The van der Waals surface area contributed by atoms with E-state index >= 15 is 0 Å². The van der Waals surface area contributed by atoms with Crippen molar-refractivity contribution in [1.29, 1.82) is 0 Å². The van der Waals surface area contributed by atoms with E-state index in [1.54, 1.807) is 37.3 Å². The van der Waals surface area contributed by atoms with Crippen LogP contribution in [0.3, 0.4) is 0 Å². The van der Waals surface area contributed by atoms with Gasteiger partial charge in [-0.1, -0.05) is 49.4 Å². The van der Waals surface area contributed by atoms with Gasteiger partial charge in [0.1, 0.15) is 30.3 Å². The van der Waals surface area contributed by atoms with Crippen LogP contribution in [0.25, 0.3) is 0 Å². The molecule has 204 valence electrons. The van der Waals surface area contributed by atoms with Crippen molar-refractivity contribution in [3.63, 3.8) is 0 Å². The lowest BCUT2D eigenvalue weighted by molar-refractivity contribution is -0.134. The molecule has 1 saturated heterocycles. The molecule has 4 amide bonds. The van der Waals surface area contributed by atoms with Gasteiger partial charge in [-0.25, -0.2) is 14.1 Å². The van der Waals surface area contributed by atoms with E-state index in [2.05, 4.69) is 10.6 Å². The molecule has 1 heterocycles. The van der Waals surface area contributed by atoms with Gasteiger partial charge in [0.15, 0.2) is 0 Å². The summed E-state index contributed by atoms with van der Waals surface area (Å²) in [5, 5.41) is 5.27. The maximum Gasteiger partial charge on any atom is 0.325 e. The summed E-state index contributed by atoms with van der Waals surface area (Å²) in [6, 6.07) is 17.4. The Morgan fingerprint density at radius 2 is 1.79 bits per heavy atom. The first-order valence-electron chi connectivity index (χ1n) is 12.5. The van der Waals surface area contributed by atoms with Crippen LogP contribution in [0, 0.1) is 9.39 Å². The predicted octanol–water partition coefficient (Wildman–Crippen LogP) is 5.25. The third kappa shape index (κ3) is 6.74. The summed E-state index contributed by atoms with van der Waals surface area (Å²) in [5.74, 6) is -1.83. The Labute approximate surface area is 240 Å². The second-order valence-electron chi connectivity index (χ2n) is 8.96. The lowest BCUT2D eigenvalue weighted by Crippen LogP contribution is -2.50. The summed E-state index contributed by atoms with van der Waals surface area (Å²) < 4.78 is 26.1. The van der Waals surface area contributed by atoms with Crippen molar-refractivity contribution >= 4 is 46.1 Å². The molecule has 0 saturated carbocycles. The molecular weight excluding hydrogens is 616 g/mol. The number of urea groups is 1. The van der Waals surface area contributed by atoms with Crippen molar-refractivity contribution in [2.45, 2.75) is 31.8 Å². The molecule has 1 fully saturated rings. The minimum absolute atomic E-state index is 0.0331. The minimum atomic E-state index is -1.23. The van der Waals surface area contributed by atoms with Crippen molar-refractivity contribution in [3.8, 4) is 5.75 Å². The van der Waals surface area contributed by atoms with Crippen molar-refractivity contribution in [1.82, 2.24) is 10.2 Å². The molecule has 0 aromatic heterocycles. The zero-order valence-electron chi connectivity index (χ0n) is 21.5. The molecule has 3 aromatic rings. The van der Waals surface area contributed by atoms with Crippen LogP contribution < -0.4 is 15.4 Å². The number of hydrogen-bond donors (Lipinski definition) is 2. The smallest absolute Gasteiger partial charge is 0.325 e. The summed E-state index contributed by atoms with van der Waals surface area (Å²) >= 11 is 1.97. The molecule has 3 atom stereocenters. The van der Waals surface area contributed by atoms with Gasteiger partial charge in [-0.3, -0.25) is 9.59 Å². The predicted molar refractivity (Wildman–Crippen MR) is 153 cm³/mol. The number of amides is 4. The zero-order valence-corrected chi connectivity index (χ0v) is 23.7. The van der Waals surface area contributed by atoms with Gasteiger partial charge in [-0.2, -0.15) is 0 Å². The van der Waals surface area contributed by atoms with Gasteiger partial charge in [0.25, 0.3) is 5.91 Å². The number of nitrogens with one attached hydrogen (secondary N) is 2. The van der Waals surface area contributed by atoms with Gasteiger partial charge < -0.3 is 20.1 Å². The number of carbonyl (C=O) groups excluding carboxylic acids is 3. The fourth-order valence-corrected chi connectivity index (χ4v) is 4.86. The number of imide groups is 1. The molecule has 0 spiro atoms. The molecule has 1 aliphatic rings. The molecule has 39 heavy (non-hydrogen) atoms. The van der Waals surface area contributed by atoms with Crippen LogP contribution in [0.15, 0.2) is 72.8 Å². The zero-order chi connectivity index (χ0) is 27.9. The highest BCUT2D eigenvalue weighted by atomic mass is 127. The molecule has 1 unspecified atom stereocenters. The maximum atomic E-state index is 14.6. The lowest BCUT2D eigenvalue weighted by atomic mass is 9.91. The quantitative estimate of drug-likeness (QED) is 0.169. The van der Waals surface area contributed by atoms with Crippen LogP contribution in [0.5, 0.6) is 5.75 Å². The Morgan fingerprint density at radius 3 is 2.46 bits per heavy atom. The molecule has 10 heteroatoms. The summed E-state index contributed by atoms with van der Waals surface area (Å²) in [7, 11) is 0. The first kappa shape index (κ1) is 28.5. The van der Waals surface area contributed by atoms with E-state index in [0.717, 1.165) is 10.5 Å². The number of rotatable bonds is 11. The summed E-state index contributed by atoms with van der Waals surface area (Å²) in [4.78, 5) is 41.4. The SMILES string of the molecule is CCOCCOc1ccc(C2NC(=O)N([C@H](C(=O)Nc3ccc(I)cc3F)[C@@H](C)c3ccccc3)C2=O)cc1. The van der Waals surface area contributed by atoms with Crippen LogP contribution in [0.4, 0.5) is 14.9 Å². The molecule has 0 aliphatic carbocycles. The second-order valence-corrected chi connectivity index (χ2v) is 10.2. The number of carbonyl (C=O) groups is 3. The van der Waals surface area contributed by atoms with Crippen LogP contribution >= 0.6 is 22.6 Å². The Bertz CT molecular complexity index is 1320. The molecule has 4 rings (SSSR count). The van der Waals surface area contributed by atoms with Crippen molar-refractivity contribution in [2.24, 2.45) is 0 Å². The van der Waals surface area contributed by atoms with Crippen LogP contribution in [0.2, 0.25) is 0 Å². The van der Waals surface area contributed by atoms with Gasteiger partial charge in [-0.15, -0.1) is 0 Å². The molecular formula is C29H29FIN3O5. The van der Waals surface area contributed by atoms with Crippen LogP contribution in [0.1, 0.15) is 36.9 Å². The van der Waals surface area contributed by atoms with Gasteiger partial charge in [0, 0.05) is 16.1 Å². The van der Waals surface area contributed by atoms with E-state index in [4.69, 9.17) is 9.47 Å². The largest absolute Gasteiger partial charge is 0.491 e. The Morgan fingerprint density at radius 1 is 1.08 bits per heavy atom. The lowest BCUT2D eigenvalue weighted by Gasteiger charge is -2.30. The Hall–Kier alpha value is -3.51. The topological polar surface area (TPSA) is 97.0 Å². The number of anilines is 1. The van der Waals surface area contributed by atoms with Crippen molar-refractivity contribution in [2.75, 3.05) is 25.1 Å². The number of benzene rings is 3. The standard InChI is InChI=1S/C29H29FIN3O5/c1-3-38-15-16-39-22-12-9-20(10-13-22)25-28(36)34(29(37)33-25)26(18(2)19-7-5-4-6-8-19)27(35)32-24-14-11-21(31)17-23(24)30/h4-14,17-18,25-26H,3,15-16H2,1-2H3,(H,32,35)(H,33,37)/t18-,25?,26-/m0/s1. The second kappa shape index (κ2) is 13.0. The highest BCUT2D eigenvalue weighted by molar-refractivity contribution is 14.1. The maximum absolute atomic E-state index is 14.6. The molecule has 0 radical (unpaired) electrons. The normalized spacial score (nSPS) is 16.5. The van der Waals surface area contributed by atoms with Crippen LogP contribution in [-0.2, 0) is 14.3 Å². The van der Waals surface area contributed by atoms with E-state index in [0.29, 0.717) is 34.7 Å². The number of hydrogen-bond acceptors (Lipinski definition) is 5. The third-order valence-corrected chi connectivity index (χ3v) is 7.09. The van der Waals surface area contributed by atoms with Gasteiger partial charge in [0.05, 0.1) is 12.3 Å². The van der Waals surface area contributed by atoms with E-state index in [-0.39, 0.29) is 5.69 Å². The van der Waals surface area contributed by atoms with E-state index in [1.807, 2.05) is 59.8 Å². The highest BCUT2D eigenvalue weighted by Crippen LogP contribution is 2.32. The Kier molecular flexibility index (Phi) is 9.52. The number of nitrogens with zero attached hydrogens (tertiary/aromatic N) is 1. The minimum Gasteiger partial charge on any atom is -0.491 e. The fourth-order valence-electron chi connectivity index (χ4n) is 4.41. The molecule has 2 N–H and O–H groups in total. The number of ether oxygens (including phenoxy) is 2. The third-order valence-electron chi connectivity index (χ3n) is 6.42. The number of halogens is 2. The van der Waals surface area contributed by atoms with E-state index < -0.39 is 41.7 Å². The van der Waals surface area contributed by atoms with Crippen LogP contribution in [-0.4, -0.2) is 48.6 Å². The monoisotopic (exact) mass is 645 g/mol. The van der Waals surface area contributed by atoms with Gasteiger partial charge in [0.2, 0.25) is 5.91 Å². The first-order valence-corrected chi connectivity index (χ1v) is 13.6. The average Bonchev–Trinajstić information content (AvgIpc) is 3.22. The average molecular weight is 645 g/mol. The molecule has 8 nitrogen and oxygen atoms in total. The summed E-state index contributed by atoms with van der Waals surface area (Å²) in [5.41, 5.74) is 1.26. The van der Waals surface area contributed by atoms with Gasteiger partial charge >= 0.3 is 6.03 Å². The van der Waals surface area contributed by atoms with E-state index in [1.165, 1.54) is 12.1 Å².